The van der Waals surface area contributed by atoms with Gasteiger partial charge in [-0.1, -0.05) is 76.6 Å². The van der Waals surface area contributed by atoms with Crippen molar-refractivity contribution in [2.45, 2.75) is 63.4 Å². The fourth-order valence-corrected chi connectivity index (χ4v) is 5.31. The van der Waals surface area contributed by atoms with Crippen molar-refractivity contribution in [3.8, 4) is 0 Å². The Balaban J connectivity index is 1.75. The Labute approximate surface area is 230 Å². The fourth-order valence-electron chi connectivity index (χ4n) is 3.63. The molecule has 2 aromatic carbocycles. The van der Waals surface area contributed by atoms with Gasteiger partial charge in [-0.15, -0.1) is 0 Å². The van der Waals surface area contributed by atoms with Crippen LogP contribution in [0.15, 0.2) is 60.7 Å². The first kappa shape index (κ1) is 30.1. The number of benzene rings is 2. The molecule has 0 aromatic heterocycles. The van der Waals surface area contributed by atoms with Crippen LogP contribution >= 0.6 is 24.5 Å². The third kappa shape index (κ3) is 9.72. The average Bonchev–Trinajstić information content (AvgIpc) is 2.88. The summed E-state index contributed by atoms with van der Waals surface area (Å²) < 4.78 is 40.0. The zero-order chi connectivity index (χ0) is 27.5. The number of hydrogen-bond donors (Lipinski definition) is 0. The molecule has 1 saturated heterocycles. The number of ether oxygens (including phenoxy) is 4. The van der Waals surface area contributed by atoms with Gasteiger partial charge in [0, 0.05) is 20.8 Å². The van der Waals surface area contributed by atoms with Crippen LogP contribution in [-0.4, -0.2) is 53.9 Å². The molecule has 5 atom stereocenters. The molecular formula is C26H30BrO10P. The van der Waals surface area contributed by atoms with E-state index < -0.39 is 55.9 Å². The van der Waals surface area contributed by atoms with Gasteiger partial charge in [0.1, 0.15) is 6.10 Å². The summed E-state index contributed by atoms with van der Waals surface area (Å²) in [6.07, 6.45) is -4.25. The van der Waals surface area contributed by atoms with Crippen molar-refractivity contribution in [3.05, 3.63) is 71.8 Å². The number of hydrogen-bond acceptors (Lipinski definition) is 10. The van der Waals surface area contributed by atoms with Crippen LogP contribution < -0.4 is 0 Å². The van der Waals surface area contributed by atoms with Crippen molar-refractivity contribution in [1.29, 1.82) is 0 Å². The van der Waals surface area contributed by atoms with Gasteiger partial charge in [-0.25, -0.2) is 0 Å². The van der Waals surface area contributed by atoms with Crippen molar-refractivity contribution in [2.24, 2.45) is 0 Å². The second-order valence-electron chi connectivity index (χ2n) is 8.29. The first-order chi connectivity index (χ1) is 18.2. The number of halogens is 1. The quantitative estimate of drug-likeness (QED) is 0.146. The predicted molar refractivity (Wildman–Crippen MR) is 140 cm³/mol. The van der Waals surface area contributed by atoms with Gasteiger partial charge in [-0.2, -0.15) is 0 Å². The molecule has 2 aromatic rings. The molecular weight excluding hydrogens is 583 g/mol. The van der Waals surface area contributed by atoms with Gasteiger partial charge < -0.3 is 32.5 Å². The Bertz CT molecular complexity index is 997. The second kappa shape index (κ2) is 15.3. The third-order valence-electron chi connectivity index (χ3n) is 5.19. The van der Waals surface area contributed by atoms with E-state index in [4.69, 9.17) is 32.5 Å². The highest BCUT2D eigenvalue weighted by atomic mass is 79.9. The van der Waals surface area contributed by atoms with Crippen LogP contribution in [0.25, 0.3) is 0 Å². The Morgan fingerprint density at radius 2 is 1.16 bits per heavy atom. The summed E-state index contributed by atoms with van der Waals surface area (Å²) in [5.41, 5.74) is 1.86. The predicted octanol–water partition coefficient (Wildman–Crippen LogP) is 4.58. The van der Waals surface area contributed by atoms with Crippen LogP contribution in [0.3, 0.4) is 0 Å². The van der Waals surface area contributed by atoms with E-state index in [-0.39, 0.29) is 19.8 Å². The lowest BCUT2D eigenvalue weighted by molar-refractivity contribution is -0.234. The van der Waals surface area contributed by atoms with Crippen LogP contribution in [0.1, 0.15) is 31.9 Å². The van der Waals surface area contributed by atoms with Crippen LogP contribution in [0.2, 0.25) is 0 Å². The standard InChI is InChI=1S/C26H30BrO10P/c1-17(28)34-23-22(37-26(27)25(36-19(3)30)24(23)35-18(2)29)16-33-38(31-14-20-10-6-4-7-11-20)32-15-21-12-8-5-9-13-21/h4-13,22-26H,14-16H2,1-3H3/t22?,23-,24+,25?,26+/m1/s1. The molecule has 3 rings (SSSR count). The number of carbonyl (C=O) groups is 3. The van der Waals surface area contributed by atoms with Crippen LogP contribution in [0.5, 0.6) is 0 Å². The number of carbonyl (C=O) groups excluding carboxylic acids is 3. The fraction of sp³-hybridized carbons (Fsp3) is 0.423. The maximum Gasteiger partial charge on any atom is 0.333 e. The SMILES string of the molecule is CC(=O)OC1[C@@H](OC(C)=O)[C@H](OC(C)=O)C(COP(OCc2ccccc2)OCc2ccccc2)O[C@@H]1Br. The summed E-state index contributed by atoms with van der Waals surface area (Å²) in [4.78, 5) is 35.5. The van der Waals surface area contributed by atoms with Gasteiger partial charge in [0.25, 0.3) is 0 Å². The summed E-state index contributed by atoms with van der Waals surface area (Å²) in [7, 11) is -1.87. The van der Waals surface area contributed by atoms with Crippen LogP contribution in [0.4, 0.5) is 0 Å². The number of esters is 3. The topological polar surface area (TPSA) is 116 Å². The molecule has 0 aliphatic carbocycles. The summed E-state index contributed by atoms with van der Waals surface area (Å²) in [6.45, 7) is 3.97. The molecule has 1 aliphatic rings. The molecule has 1 heterocycles. The summed E-state index contributed by atoms with van der Waals surface area (Å²) >= 11 is 3.33. The van der Waals surface area contributed by atoms with E-state index >= 15 is 0 Å². The molecule has 0 amide bonds. The van der Waals surface area contributed by atoms with Crippen molar-refractivity contribution >= 4 is 42.4 Å². The van der Waals surface area contributed by atoms with Crippen molar-refractivity contribution < 1.29 is 46.9 Å². The Kier molecular flexibility index (Phi) is 12.1. The molecule has 1 fully saturated rings. The first-order valence-electron chi connectivity index (χ1n) is 11.8. The van der Waals surface area contributed by atoms with Crippen molar-refractivity contribution in [2.75, 3.05) is 6.61 Å². The largest absolute Gasteiger partial charge is 0.456 e. The lowest BCUT2D eigenvalue weighted by Gasteiger charge is -2.43. The molecule has 0 bridgehead atoms. The van der Waals surface area contributed by atoms with E-state index in [1.165, 1.54) is 20.8 Å². The highest BCUT2D eigenvalue weighted by Crippen LogP contribution is 2.43. The van der Waals surface area contributed by atoms with Gasteiger partial charge in [0.05, 0.1) is 19.8 Å². The molecule has 206 valence electrons. The molecule has 10 nitrogen and oxygen atoms in total. The van der Waals surface area contributed by atoms with E-state index in [9.17, 15) is 14.4 Å². The summed E-state index contributed by atoms with van der Waals surface area (Å²) in [6, 6.07) is 19.1. The third-order valence-corrected chi connectivity index (χ3v) is 6.96. The molecule has 2 unspecified atom stereocenters. The van der Waals surface area contributed by atoms with E-state index in [0.717, 1.165) is 11.1 Å². The van der Waals surface area contributed by atoms with Gasteiger partial charge >= 0.3 is 26.5 Å². The molecule has 0 radical (unpaired) electrons. The van der Waals surface area contributed by atoms with E-state index in [1.54, 1.807) is 0 Å². The lowest BCUT2D eigenvalue weighted by atomic mass is 9.99. The Morgan fingerprint density at radius 3 is 1.63 bits per heavy atom. The Morgan fingerprint density at radius 1 is 0.711 bits per heavy atom. The normalized spacial score (nSPS) is 23.0. The van der Waals surface area contributed by atoms with Crippen LogP contribution in [0, 0.1) is 0 Å². The lowest BCUT2D eigenvalue weighted by Crippen LogP contribution is -2.60. The monoisotopic (exact) mass is 612 g/mol. The first-order valence-corrected chi connectivity index (χ1v) is 13.8. The minimum atomic E-state index is -1.87. The van der Waals surface area contributed by atoms with Gasteiger partial charge in [-0.3, -0.25) is 14.4 Å². The average molecular weight is 613 g/mol. The van der Waals surface area contributed by atoms with Gasteiger partial charge in [0.2, 0.25) is 0 Å². The Hall–Kier alpha value is -2.40. The maximum atomic E-state index is 11.9. The molecule has 38 heavy (non-hydrogen) atoms. The van der Waals surface area contributed by atoms with Gasteiger partial charge in [0.15, 0.2) is 23.3 Å². The second-order valence-corrected chi connectivity index (χ2v) is 10.4. The highest BCUT2D eigenvalue weighted by Gasteiger charge is 2.51. The zero-order valence-electron chi connectivity index (χ0n) is 21.2. The minimum absolute atomic E-state index is 0.139. The summed E-state index contributed by atoms with van der Waals surface area (Å²) in [5.74, 6) is -1.91. The summed E-state index contributed by atoms with van der Waals surface area (Å²) in [5, 5.41) is -0.877. The molecule has 12 heteroatoms. The molecule has 0 N–H and O–H groups in total. The molecule has 0 spiro atoms. The van der Waals surface area contributed by atoms with E-state index in [0.29, 0.717) is 0 Å². The highest BCUT2D eigenvalue weighted by molar-refractivity contribution is 9.09. The molecule has 0 saturated carbocycles. The van der Waals surface area contributed by atoms with Crippen molar-refractivity contribution in [1.82, 2.24) is 0 Å². The minimum Gasteiger partial charge on any atom is -0.456 e. The van der Waals surface area contributed by atoms with Crippen LogP contribution in [-0.2, 0) is 60.1 Å². The van der Waals surface area contributed by atoms with Gasteiger partial charge in [-0.05, 0) is 11.1 Å². The number of alkyl halides is 1. The smallest absolute Gasteiger partial charge is 0.333 e. The number of rotatable bonds is 12. The zero-order valence-corrected chi connectivity index (χ0v) is 23.7. The molecule has 1 aliphatic heterocycles. The van der Waals surface area contributed by atoms with E-state index in [1.807, 2.05) is 60.7 Å². The van der Waals surface area contributed by atoms with Crippen molar-refractivity contribution in [3.63, 3.8) is 0 Å². The van der Waals surface area contributed by atoms with E-state index in [2.05, 4.69) is 15.9 Å². The maximum absolute atomic E-state index is 11.9.